The van der Waals surface area contributed by atoms with Crippen molar-refractivity contribution in [1.82, 2.24) is 10.2 Å². The van der Waals surface area contributed by atoms with Gasteiger partial charge in [-0.05, 0) is 37.3 Å². The Kier molecular flexibility index (Phi) is 5.48. The van der Waals surface area contributed by atoms with Gasteiger partial charge in [0.2, 0.25) is 15.9 Å². The number of nitrogens with zero attached hydrogens (tertiary/aromatic N) is 1. The number of hydrogen-bond acceptors (Lipinski definition) is 5. The fraction of sp³-hybridized carbons (Fsp3) is 0.167. The highest BCUT2D eigenvalue weighted by Gasteiger charge is 2.50. The van der Waals surface area contributed by atoms with Gasteiger partial charge in [0.05, 0.1) is 4.90 Å². The van der Waals surface area contributed by atoms with Crippen LogP contribution in [-0.2, 0) is 25.2 Å². The van der Waals surface area contributed by atoms with Crippen LogP contribution in [0.5, 0.6) is 0 Å². The van der Waals surface area contributed by atoms with Crippen LogP contribution in [0, 0.1) is 0 Å². The van der Waals surface area contributed by atoms with E-state index in [0.29, 0.717) is 15.7 Å². The largest absolute Gasteiger partial charge is 0.325 e. The second kappa shape index (κ2) is 7.58. The quantitative estimate of drug-likeness (QED) is 0.556. The van der Waals surface area contributed by atoms with Crippen LogP contribution in [0.1, 0.15) is 12.5 Å². The molecule has 1 aliphatic heterocycles. The highest BCUT2D eigenvalue weighted by molar-refractivity contribution is 9.10. The van der Waals surface area contributed by atoms with Gasteiger partial charge >= 0.3 is 6.03 Å². The van der Waals surface area contributed by atoms with E-state index >= 15 is 0 Å². The Labute approximate surface area is 175 Å². The van der Waals surface area contributed by atoms with E-state index in [2.05, 4.69) is 26.6 Å². The number of primary sulfonamides is 1. The molecule has 1 heterocycles. The number of hydrogen-bond donors (Lipinski definition) is 3. The fourth-order valence-corrected chi connectivity index (χ4v) is 4.16. The second-order valence-electron chi connectivity index (χ2n) is 6.54. The predicted octanol–water partition coefficient (Wildman–Crippen LogP) is 1.50. The Hall–Kier alpha value is -2.76. The first-order valence-electron chi connectivity index (χ1n) is 8.34. The number of halogens is 1. The Balaban J connectivity index is 1.73. The van der Waals surface area contributed by atoms with E-state index in [1.54, 1.807) is 31.2 Å². The first kappa shape index (κ1) is 21.0. The van der Waals surface area contributed by atoms with E-state index < -0.39 is 40.0 Å². The van der Waals surface area contributed by atoms with Crippen LogP contribution in [0.2, 0.25) is 0 Å². The number of carbonyl (C=O) groups is 3. The molecule has 1 saturated heterocycles. The van der Waals surface area contributed by atoms with Crippen LogP contribution in [0.3, 0.4) is 0 Å². The summed E-state index contributed by atoms with van der Waals surface area (Å²) in [6.07, 6.45) is 0. The predicted molar refractivity (Wildman–Crippen MR) is 108 cm³/mol. The lowest BCUT2D eigenvalue weighted by atomic mass is 9.92. The Morgan fingerprint density at radius 3 is 2.38 bits per heavy atom. The molecule has 0 saturated carbocycles. The molecule has 0 bridgehead atoms. The molecule has 29 heavy (non-hydrogen) atoms. The lowest BCUT2D eigenvalue weighted by Crippen LogP contribution is -2.42. The number of rotatable bonds is 5. The molecule has 2 aromatic rings. The number of anilines is 1. The molecule has 0 unspecified atom stereocenters. The van der Waals surface area contributed by atoms with E-state index in [1.807, 2.05) is 0 Å². The standard InChI is InChI=1S/C18H17BrN4O5S/c1-18(13-4-2-3-5-14(13)19)16(25)23(17(26)22-18)10-15(24)21-11-6-8-12(9-7-11)29(20,27)28/h2-9H,10H2,1H3,(H,21,24)(H,22,26)(H2,20,27,28)/t18-/m1/s1. The van der Waals surface area contributed by atoms with Gasteiger partial charge in [-0.25, -0.2) is 18.4 Å². The van der Waals surface area contributed by atoms with Crippen molar-refractivity contribution in [2.75, 3.05) is 11.9 Å². The molecule has 4 N–H and O–H groups in total. The number of nitrogens with two attached hydrogens (primary N) is 1. The zero-order valence-electron chi connectivity index (χ0n) is 15.2. The molecule has 152 valence electrons. The van der Waals surface area contributed by atoms with E-state index in [-0.39, 0.29) is 4.90 Å². The summed E-state index contributed by atoms with van der Waals surface area (Å²) in [6, 6.07) is 11.5. The molecule has 0 spiro atoms. The van der Waals surface area contributed by atoms with Gasteiger partial charge in [0.25, 0.3) is 5.91 Å². The van der Waals surface area contributed by atoms with Crippen molar-refractivity contribution in [1.29, 1.82) is 0 Å². The maximum absolute atomic E-state index is 12.9. The summed E-state index contributed by atoms with van der Waals surface area (Å²) in [7, 11) is -3.85. The average Bonchev–Trinajstić information content (AvgIpc) is 2.85. The summed E-state index contributed by atoms with van der Waals surface area (Å²) >= 11 is 3.37. The van der Waals surface area contributed by atoms with Gasteiger partial charge < -0.3 is 10.6 Å². The van der Waals surface area contributed by atoms with Crippen molar-refractivity contribution in [3.8, 4) is 0 Å². The Morgan fingerprint density at radius 1 is 1.17 bits per heavy atom. The maximum Gasteiger partial charge on any atom is 0.325 e. The molecule has 0 aliphatic carbocycles. The molecule has 0 aromatic heterocycles. The van der Waals surface area contributed by atoms with Crippen molar-refractivity contribution in [3.05, 3.63) is 58.6 Å². The number of amides is 4. The van der Waals surface area contributed by atoms with E-state index in [0.717, 1.165) is 4.90 Å². The summed E-state index contributed by atoms with van der Waals surface area (Å²) in [5.41, 5.74) is -0.447. The monoisotopic (exact) mass is 480 g/mol. The number of carbonyl (C=O) groups excluding carboxylic acids is 3. The van der Waals surface area contributed by atoms with Crippen molar-refractivity contribution in [2.45, 2.75) is 17.4 Å². The van der Waals surface area contributed by atoms with Crippen LogP contribution in [0.4, 0.5) is 10.5 Å². The molecule has 3 rings (SSSR count). The molecular weight excluding hydrogens is 464 g/mol. The molecule has 9 nitrogen and oxygen atoms in total. The molecule has 11 heteroatoms. The summed E-state index contributed by atoms with van der Waals surface area (Å²) in [5, 5.41) is 10.2. The lowest BCUT2D eigenvalue weighted by molar-refractivity contribution is -0.133. The first-order valence-corrected chi connectivity index (χ1v) is 10.7. The third kappa shape index (κ3) is 4.16. The average molecular weight is 481 g/mol. The van der Waals surface area contributed by atoms with Gasteiger partial charge in [0, 0.05) is 15.7 Å². The minimum atomic E-state index is -3.85. The summed E-state index contributed by atoms with van der Waals surface area (Å²) < 4.78 is 23.2. The van der Waals surface area contributed by atoms with E-state index in [4.69, 9.17) is 5.14 Å². The highest BCUT2D eigenvalue weighted by Crippen LogP contribution is 2.33. The van der Waals surface area contributed by atoms with Gasteiger partial charge in [-0.1, -0.05) is 34.1 Å². The minimum Gasteiger partial charge on any atom is -0.325 e. The molecule has 1 fully saturated rings. The first-order chi connectivity index (χ1) is 13.5. The number of benzene rings is 2. The van der Waals surface area contributed by atoms with Crippen LogP contribution in [-0.4, -0.2) is 37.7 Å². The molecule has 1 atom stereocenters. The zero-order valence-corrected chi connectivity index (χ0v) is 17.6. The summed E-state index contributed by atoms with van der Waals surface area (Å²) in [5.74, 6) is -1.18. The smallest absolute Gasteiger partial charge is 0.325 e. The number of nitrogens with one attached hydrogen (secondary N) is 2. The van der Waals surface area contributed by atoms with Crippen LogP contribution in [0.25, 0.3) is 0 Å². The van der Waals surface area contributed by atoms with Gasteiger partial charge in [-0.2, -0.15) is 0 Å². The van der Waals surface area contributed by atoms with Gasteiger partial charge in [0.1, 0.15) is 12.1 Å². The normalized spacial score (nSPS) is 19.2. The van der Waals surface area contributed by atoms with Crippen LogP contribution >= 0.6 is 15.9 Å². The molecule has 0 radical (unpaired) electrons. The van der Waals surface area contributed by atoms with Gasteiger partial charge in [0.15, 0.2) is 0 Å². The summed E-state index contributed by atoms with van der Waals surface area (Å²) in [6.45, 7) is 1.07. The molecule has 4 amide bonds. The second-order valence-corrected chi connectivity index (χ2v) is 8.96. The summed E-state index contributed by atoms with van der Waals surface area (Å²) in [4.78, 5) is 38.3. The lowest BCUT2D eigenvalue weighted by Gasteiger charge is -2.23. The molecule has 1 aliphatic rings. The van der Waals surface area contributed by atoms with Crippen LogP contribution < -0.4 is 15.8 Å². The SMILES string of the molecule is C[C@]1(c2ccccc2Br)NC(=O)N(CC(=O)Nc2ccc(S(N)(=O)=O)cc2)C1=O. The third-order valence-corrected chi connectivity index (χ3v) is 6.08. The van der Waals surface area contributed by atoms with Gasteiger partial charge in [-0.15, -0.1) is 0 Å². The minimum absolute atomic E-state index is 0.103. The Morgan fingerprint density at radius 2 is 1.79 bits per heavy atom. The van der Waals surface area contributed by atoms with Crippen molar-refractivity contribution in [3.63, 3.8) is 0 Å². The van der Waals surface area contributed by atoms with Crippen molar-refractivity contribution >= 4 is 49.5 Å². The third-order valence-electron chi connectivity index (χ3n) is 4.46. The van der Waals surface area contributed by atoms with E-state index in [1.165, 1.54) is 24.3 Å². The van der Waals surface area contributed by atoms with E-state index in [9.17, 15) is 22.8 Å². The number of urea groups is 1. The topological polar surface area (TPSA) is 139 Å². The molecular formula is C18H17BrN4O5S. The number of imide groups is 1. The fourth-order valence-electron chi connectivity index (χ4n) is 2.96. The highest BCUT2D eigenvalue weighted by atomic mass is 79.9. The van der Waals surface area contributed by atoms with Gasteiger partial charge in [-0.3, -0.25) is 14.5 Å². The zero-order chi connectivity index (χ0) is 21.4. The molecule has 2 aromatic carbocycles. The van der Waals surface area contributed by atoms with Crippen molar-refractivity contribution < 1.29 is 22.8 Å². The van der Waals surface area contributed by atoms with Crippen LogP contribution in [0.15, 0.2) is 57.9 Å². The number of sulfonamides is 1. The van der Waals surface area contributed by atoms with Crippen molar-refractivity contribution in [2.24, 2.45) is 5.14 Å². The maximum atomic E-state index is 12.9. The Bertz CT molecular complexity index is 1100.